The first-order chi connectivity index (χ1) is 4.70. The maximum Gasteiger partial charge on any atom is 0.129 e. The molecular weight excluding hydrogens is 150 g/mol. The standard InChI is InChI=1S/C7H8ClNO/c1-5(10)6-2-3-7(8)9-4-6/h2-5,10H,1H3/t5-/m1/s1. The molecule has 1 heterocycles. The zero-order valence-corrected chi connectivity index (χ0v) is 6.34. The zero-order valence-electron chi connectivity index (χ0n) is 5.58. The van der Waals surface area contributed by atoms with Crippen LogP contribution in [0.4, 0.5) is 0 Å². The van der Waals surface area contributed by atoms with E-state index < -0.39 is 6.10 Å². The van der Waals surface area contributed by atoms with Gasteiger partial charge in [-0.2, -0.15) is 0 Å². The number of aromatic nitrogens is 1. The van der Waals surface area contributed by atoms with E-state index in [4.69, 9.17) is 16.7 Å². The highest BCUT2D eigenvalue weighted by Crippen LogP contribution is 2.11. The van der Waals surface area contributed by atoms with Gasteiger partial charge >= 0.3 is 0 Å². The minimum absolute atomic E-state index is 0.449. The van der Waals surface area contributed by atoms with Crippen molar-refractivity contribution in [1.82, 2.24) is 4.98 Å². The summed E-state index contributed by atoms with van der Waals surface area (Å²) in [6.07, 6.45) is 1.09. The Kier molecular flexibility index (Phi) is 2.25. The highest BCUT2D eigenvalue weighted by atomic mass is 35.5. The smallest absolute Gasteiger partial charge is 0.129 e. The number of aliphatic hydroxyl groups excluding tert-OH is 1. The van der Waals surface area contributed by atoms with Crippen LogP contribution in [-0.4, -0.2) is 10.1 Å². The third kappa shape index (κ3) is 1.69. The summed E-state index contributed by atoms with van der Waals surface area (Å²) in [5.74, 6) is 0. The molecule has 0 aromatic carbocycles. The van der Waals surface area contributed by atoms with Crippen LogP contribution < -0.4 is 0 Å². The molecule has 1 aromatic heterocycles. The van der Waals surface area contributed by atoms with Crippen molar-refractivity contribution in [3.63, 3.8) is 0 Å². The van der Waals surface area contributed by atoms with Gasteiger partial charge in [-0.3, -0.25) is 0 Å². The van der Waals surface area contributed by atoms with Crippen molar-refractivity contribution in [3.05, 3.63) is 29.0 Å². The summed E-state index contributed by atoms with van der Waals surface area (Å²) in [7, 11) is 0. The van der Waals surface area contributed by atoms with Crippen molar-refractivity contribution < 1.29 is 5.11 Å². The Bertz CT molecular complexity index is 207. The minimum atomic E-state index is -0.468. The van der Waals surface area contributed by atoms with E-state index in [-0.39, 0.29) is 0 Å². The molecule has 1 atom stereocenters. The second kappa shape index (κ2) is 2.99. The van der Waals surface area contributed by atoms with Crippen molar-refractivity contribution in [3.8, 4) is 0 Å². The van der Waals surface area contributed by atoms with Gasteiger partial charge in [0.05, 0.1) is 6.10 Å². The van der Waals surface area contributed by atoms with Crippen molar-refractivity contribution in [2.45, 2.75) is 13.0 Å². The topological polar surface area (TPSA) is 33.1 Å². The molecule has 0 saturated carbocycles. The molecule has 10 heavy (non-hydrogen) atoms. The molecule has 0 amide bonds. The molecule has 1 aromatic rings. The summed E-state index contributed by atoms with van der Waals surface area (Å²) in [6.45, 7) is 1.69. The summed E-state index contributed by atoms with van der Waals surface area (Å²) < 4.78 is 0. The Morgan fingerprint density at radius 3 is 2.70 bits per heavy atom. The quantitative estimate of drug-likeness (QED) is 0.631. The number of pyridine rings is 1. The van der Waals surface area contributed by atoms with Crippen molar-refractivity contribution in [2.75, 3.05) is 0 Å². The van der Waals surface area contributed by atoms with Gasteiger partial charge in [-0.15, -0.1) is 0 Å². The third-order valence-electron chi connectivity index (χ3n) is 1.23. The molecule has 54 valence electrons. The lowest BCUT2D eigenvalue weighted by Gasteiger charge is -2.01. The molecule has 2 nitrogen and oxygen atoms in total. The number of aliphatic hydroxyl groups is 1. The predicted octanol–water partition coefficient (Wildman–Crippen LogP) is 1.79. The van der Waals surface area contributed by atoms with Crippen LogP contribution in [0.3, 0.4) is 0 Å². The molecule has 0 radical (unpaired) electrons. The molecule has 3 heteroatoms. The summed E-state index contributed by atoms with van der Waals surface area (Å²) in [6, 6.07) is 3.41. The van der Waals surface area contributed by atoms with Crippen molar-refractivity contribution in [2.24, 2.45) is 0 Å². The molecular formula is C7H8ClNO. The summed E-state index contributed by atoms with van der Waals surface area (Å²) in [5.41, 5.74) is 0.782. The van der Waals surface area contributed by atoms with E-state index in [2.05, 4.69) is 4.98 Å². The number of rotatable bonds is 1. The molecule has 0 fully saturated rings. The largest absolute Gasteiger partial charge is 0.389 e. The van der Waals surface area contributed by atoms with E-state index in [1.165, 1.54) is 0 Å². The summed E-state index contributed by atoms with van der Waals surface area (Å²) in [4.78, 5) is 3.81. The lowest BCUT2D eigenvalue weighted by molar-refractivity contribution is 0.199. The molecule has 1 N–H and O–H groups in total. The minimum Gasteiger partial charge on any atom is -0.389 e. The van der Waals surface area contributed by atoms with Gasteiger partial charge < -0.3 is 5.11 Å². The maximum atomic E-state index is 9.03. The lowest BCUT2D eigenvalue weighted by Crippen LogP contribution is -1.90. The molecule has 0 bridgehead atoms. The fourth-order valence-electron chi connectivity index (χ4n) is 0.634. The van der Waals surface area contributed by atoms with Crippen molar-refractivity contribution in [1.29, 1.82) is 0 Å². The lowest BCUT2D eigenvalue weighted by atomic mass is 10.2. The van der Waals surface area contributed by atoms with Gasteiger partial charge in [0.2, 0.25) is 0 Å². The van der Waals surface area contributed by atoms with E-state index in [0.717, 1.165) is 5.56 Å². The number of halogens is 1. The Morgan fingerprint density at radius 2 is 2.30 bits per heavy atom. The Morgan fingerprint density at radius 1 is 1.60 bits per heavy atom. The molecule has 1 rings (SSSR count). The van der Waals surface area contributed by atoms with E-state index >= 15 is 0 Å². The zero-order chi connectivity index (χ0) is 7.56. The monoisotopic (exact) mass is 157 g/mol. The van der Waals surface area contributed by atoms with Crippen LogP contribution in [0, 0.1) is 0 Å². The molecule has 0 spiro atoms. The van der Waals surface area contributed by atoms with Gasteiger partial charge in [0, 0.05) is 6.20 Å². The van der Waals surface area contributed by atoms with Gasteiger partial charge in [0.15, 0.2) is 0 Å². The highest BCUT2D eigenvalue weighted by Gasteiger charge is 1.98. The SMILES string of the molecule is C[C@@H](O)c1ccc(Cl)nc1. The van der Waals surface area contributed by atoms with E-state index in [1.807, 2.05) is 0 Å². The Balaban J connectivity index is 2.89. The molecule has 0 saturated heterocycles. The van der Waals surface area contributed by atoms with Gasteiger partial charge in [-0.1, -0.05) is 17.7 Å². The average molecular weight is 158 g/mol. The van der Waals surface area contributed by atoms with E-state index in [9.17, 15) is 0 Å². The molecule has 0 aliphatic carbocycles. The summed E-state index contributed by atoms with van der Waals surface area (Å²) in [5, 5.41) is 9.48. The predicted molar refractivity (Wildman–Crippen MR) is 39.9 cm³/mol. The Labute approximate surface area is 64.5 Å². The molecule has 0 unspecified atom stereocenters. The van der Waals surface area contributed by atoms with Crippen LogP contribution in [0.1, 0.15) is 18.6 Å². The van der Waals surface area contributed by atoms with Gasteiger partial charge in [-0.05, 0) is 18.6 Å². The Hall–Kier alpha value is -0.600. The second-order valence-corrected chi connectivity index (χ2v) is 2.48. The van der Waals surface area contributed by atoms with E-state index in [1.54, 1.807) is 25.3 Å². The van der Waals surface area contributed by atoms with Crippen LogP contribution in [0.15, 0.2) is 18.3 Å². The van der Waals surface area contributed by atoms with Crippen LogP contribution in [0.25, 0.3) is 0 Å². The van der Waals surface area contributed by atoms with Crippen LogP contribution in [0.5, 0.6) is 0 Å². The van der Waals surface area contributed by atoms with Crippen LogP contribution in [-0.2, 0) is 0 Å². The van der Waals surface area contributed by atoms with Gasteiger partial charge in [-0.25, -0.2) is 4.98 Å². The van der Waals surface area contributed by atoms with Crippen molar-refractivity contribution >= 4 is 11.6 Å². The maximum absolute atomic E-state index is 9.03. The first-order valence-electron chi connectivity index (χ1n) is 2.99. The average Bonchev–Trinajstić information content (AvgIpc) is 1.88. The van der Waals surface area contributed by atoms with Crippen LogP contribution >= 0.6 is 11.6 Å². The highest BCUT2D eigenvalue weighted by molar-refractivity contribution is 6.29. The number of nitrogens with zero attached hydrogens (tertiary/aromatic N) is 1. The normalized spacial score (nSPS) is 13.1. The molecule has 0 aliphatic heterocycles. The first-order valence-corrected chi connectivity index (χ1v) is 3.37. The van der Waals surface area contributed by atoms with Gasteiger partial charge in [0.25, 0.3) is 0 Å². The summed E-state index contributed by atoms with van der Waals surface area (Å²) >= 11 is 5.52. The fraction of sp³-hybridized carbons (Fsp3) is 0.286. The molecule has 0 aliphatic rings. The second-order valence-electron chi connectivity index (χ2n) is 2.09. The number of hydrogen-bond donors (Lipinski definition) is 1. The first kappa shape index (κ1) is 7.51. The van der Waals surface area contributed by atoms with Crippen LogP contribution in [0.2, 0.25) is 5.15 Å². The fourth-order valence-corrected chi connectivity index (χ4v) is 0.746. The third-order valence-corrected chi connectivity index (χ3v) is 1.46. The number of hydrogen-bond acceptors (Lipinski definition) is 2. The van der Waals surface area contributed by atoms with E-state index in [0.29, 0.717) is 5.15 Å². The van der Waals surface area contributed by atoms with Gasteiger partial charge in [0.1, 0.15) is 5.15 Å².